The summed E-state index contributed by atoms with van der Waals surface area (Å²) in [6.45, 7) is 7.46. The molecule has 1 unspecified atom stereocenters. The lowest BCUT2D eigenvalue weighted by Gasteiger charge is -2.35. The predicted molar refractivity (Wildman–Crippen MR) is 75.9 cm³/mol. The Labute approximate surface area is 115 Å². The van der Waals surface area contributed by atoms with E-state index < -0.39 is 0 Å². The molecule has 2 fully saturated rings. The van der Waals surface area contributed by atoms with Gasteiger partial charge in [-0.3, -0.25) is 9.69 Å². The van der Waals surface area contributed by atoms with E-state index in [9.17, 15) is 4.79 Å². The Morgan fingerprint density at radius 2 is 2.05 bits per heavy atom. The maximum absolute atomic E-state index is 11.9. The van der Waals surface area contributed by atoms with Gasteiger partial charge in [0, 0.05) is 45.4 Å². The van der Waals surface area contributed by atoms with Crippen LogP contribution in [-0.4, -0.2) is 61.1 Å². The molecule has 106 valence electrons. The Bertz CT molecular complexity index is 338. The maximum atomic E-state index is 11.9. The van der Waals surface area contributed by atoms with E-state index in [4.69, 9.17) is 4.74 Å². The molecule has 4 nitrogen and oxygen atoms in total. The van der Waals surface area contributed by atoms with Crippen molar-refractivity contribution < 1.29 is 9.53 Å². The Morgan fingerprint density at radius 1 is 1.26 bits per heavy atom. The number of hydrogen-bond donors (Lipinski definition) is 0. The summed E-state index contributed by atoms with van der Waals surface area (Å²) in [7, 11) is 0. The molecule has 0 radical (unpaired) electrons. The summed E-state index contributed by atoms with van der Waals surface area (Å²) >= 11 is 0. The standard InChI is InChI=1S/C15H24N2O2/c1-2-3-4-7-15(18)17-10-8-16(9-11-17)13-14-6-5-12-19-14/h2-4,7,14H,5-6,8-13H2,1H3/b3-2+,7-4+. The van der Waals surface area contributed by atoms with E-state index in [1.54, 1.807) is 12.2 Å². The Morgan fingerprint density at radius 3 is 2.68 bits per heavy atom. The van der Waals surface area contributed by atoms with E-state index in [1.807, 2.05) is 24.0 Å². The van der Waals surface area contributed by atoms with Crippen molar-refractivity contribution in [3.8, 4) is 0 Å². The summed E-state index contributed by atoms with van der Waals surface area (Å²) in [6.07, 6.45) is 10.0. The van der Waals surface area contributed by atoms with Gasteiger partial charge in [0.25, 0.3) is 0 Å². The van der Waals surface area contributed by atoms with Gasteiger partial charge < -0.3 is 9.64 Å². The predicted octanol–water partition coefficient (Wildman–Crippen LogP) is 1.44. The van der Waals surface area contributed by atoms with E-state index in [0.29, 0.717) is 6.10 Å². The second-order valence-corrected chi connectivity index (χ2v) is 5.15. The molecule has 0 aromatic heterocycles. The van der Waals surface area contributed by atoms with Gasteiger partial charge in [-0.15, -0.1) is 0 Å². The van der Waals surface area contributed by atoms with Crippen LogP contribution >= 0.6 is 0 Å². The highest BCUT2D eigenvalue weighted by molar-refractivity contribution is 5.87. The minimum Gasteiger partial charge on any atom is -0.377 e. The molecular weight excluding hydrogens is 240 g/mol. The second-order valence-electron chi connectivity index (χ2n) is 5.15. The molecule has 2 rings (SSSR count). The van der Waals surface area contributed by atoms with E-state index in [0.717, 1.165) is 39.3 Å². The average molecular weight is 264 g/mol. The van der Waals surface area contributed by atoms with Crippen molar-refractivity contribution in [2.45, 2.75) is 25.9 Å². The summed E-state index contributed by atoms with van der Waals surface area (Å²) in [6, 6.07) is 0. The van der Waals surface area contributed by atoms with Gasteiger partial charge in [-0.1, -0.05) is 18.2 Å². The SMILES string of the molecule is C/C=C/C=C/C(=O)N1CCN(CC2CCCO2)CC1. The van der Waals surface area contributed by atoms with Crippen LogP contribution in [0, 0.1) is 0 Å². The van der Waals surface area contributed by atoms with E-state index >= 15 is 0 Å². The third-order valence-electron chi connectivity index (χ3n) is 3.71. The zero-order valence-electron chi connectivity index (χ0n) is 11.8. The zero-order chi connectivity index (χ0) is 13.5. The first-order valence-corrected chi connectivity index (χ1v) is 7.22. The third-order valence-corrected chi connectivity index (χ3v) is 3.71. The van der Waals surface area contributed by atoms with Gasteiger partial charge in [0.1, 0.15) is 0 Å². The number of nitrogens with zero attached hydrogens (tertiary/aromatic N) is 2. The van der Waals surface area contributed by atoms with Gasteiger partial charge in [0.15, 0.2) is 0 Å². The fourth-order valence-electron chi connectivity index (χ4n) is 2.58. The molecule has 0 aromatic carbocycles. The largest absolute Gasteiger partial charge is 0.377 e. The lowest BCUT2D eigenvalue weighted by atomic mass is 10.2. The molecular formula is C15H24N2O2. The van der Waals surface area contributed by atoms with Crippen molar-refractivity contribution >= 4 is 5.91 Å². The first kappa shape index (κ1) is 14.3. The van der Waals surface area contributed by atoms with Gasteiger partial charge >= 0.3 is 0 Å². The highest BCUT2D eigenvalue weighted by atomic mass is 16.5. The van der Waals surface area contributed by atoms with Crippen LogP contribution in [0.25, 0.3) is 0 Å². The number of rotatable bonds is 4. The van der Waals surface area contributed by atoms with Crippen LogP contribution < -0.4 is 0 Å². The van der Waals surface area contributed by atoms with Crippen LogP contribution in [0.3, 0.4) is 0 Å². The fraction of sp³-hybridized carbons (Fsp3) is 0.667. The van der Waals surface area contributed by atoms with Gasteiger partial charge in [-0.2, -0.15) is 0 Å². The number of piperazine rings is 1. The lowest BCUT2D eigenvalue weighted by molar-refractivity contribution is -0.127. The van der Waals surface area contributed by atoms with Crippen molar-refractivity contribution in [3.05, 3.63) is 24.3 Å². The first-order chi connectivity index (χ1) is 9.29. The molecule has 2 heterocycles. The Balaban J connectivity index is 1.70. The quantitative estimate of drug-likeness (QED) is 0.569. The topological polar surface area (TPSA) is 32.8 Å². The number of carbonyl (C=O) groups excluding carboxylic acids is 1. The Hall–Kier alpha value is -1.13. The van der Waals surface area contributed by atoms with Gasteiger partial charge in [-0.05, 0) is 19.8 Å². The molecule has 0 N–H and O–H groups in total. The van der Waals surface area contributed by atoms with Gasteiger partial charge in [0.05, 0.1) is 6.10 Å². The molecule has 1 atom stereocenters. The fourth-order valence-corrected chi connectivity index (χ4v) is 2.58. The second kappa shape index (κ2) is 7.46. The molecule has 0 bridgehead atoms. The number of ether oxygens (including phenoxy) is 1. The number of allylic oxidation sites excluding steroid dienone is 3. The van der Waals surface area contributed by atoms with Crippen molar-refractivity contribution in [3.63, 3.8) is 0 Å². The zero-order valence-corrected chi connectivity index (χ0v) is 11.8. The van der Waals surface area contributed by atoms with Crippen LogP contribution in [0.1, 0.15) is 19.8 Å². The molecule has 19 heavy (non-hydrogen) atoms. The van der Waals surface area contributed by atoms with E-state index in [1.165, 1.54) is 12.8 Å². The lowest BCUT2D eigenvalue weighted by Crippen LogP contribution is -2.50. The molecule has 0 aromatic rings. The summed E-state index contributed by atoms with van der Waals surface area (Å²) < 4.78 is 5.65. The molecule has 0 spiro atoms. The van der Waals surface area contributed by atoms with E-state index in [-0.39, 0.29) is 5.91 Å². The molecule has 2 aliphatic heterocycles. The van der Waals surface area contributed by atoms with Crippen LogP contribution in [-0.2, 0) is 9.53 Å². The average Bonchev–Trinajstić information content (AvgIpc) is 2.93. The summed E-state index contributed by atoms with van der Waals surface area (Å²) in [5, 5.41) is 0. The maximum Gasteiger partial charge on any atom is 0.246 e. The summed E-state index contributed by atoms with van der Waals surface area (Å²) in [5.74, 6) is 0.120. The molecule has 2 saturated heterocycles. The minimum absolute atomic E-state index is 0.120. The third kappa shape index (κ3) is 4.48. The smallest absolute Gasteiger partial charge is 0.246 e. The highest BCUT2D eigenvalue weighted by Crippen LogP contribution is 2.14. The highest BCUT2D eigenvalue weighted by Gasteiger charge is 2.23. The van der Waals surface area contributed by atoms with Gasteiger partial charge in [0.2, 0.25) is 5.91 Å². The molecule has 1 amide bonds. The minimum atomic E-state index is 0.120. The molecule has 0 saturated carbocycles. The summed E-state index contributed by atoms with van der Waals surface area (Å²) in [4.78, 5) is 16.2. The molecule has 2 aliphatic rings. The normalized spacial score (nSPS) is 25.7. The van der Waals surface area contributed by atoms with Crippen molar-refractivity contribution in [2.75, 3.05) is 39.3 Å². The van der Waals surface area contributed by atoms with Crippen LogP contribution in [0.15, 0.2) is 24.3 Å². The van der Waals surface area contributed by atoms with Crippen molar-refractivity contribution in [2.24, 2.45) is 0 Å². The summed E-state index contributed by atoms with van der Waals surface area (Å²) in [5.41, 5.74) is 0. The van der Waals surface area contributed by atoms with E-state index in [2.05, 4.69) is 4.90 Å². The van der Waals surface area contributed by atoms with Crippen LogP contribution in [0.2, 0.25) is 0 Å². The molecule has 4 heteroatoms. The number of hydrogen-bond acceptors (Lipinski definition) is 3. The van der Waals surface area contributed by atoms with Crippen molar-refractivity contribution in [1.82, 2.24) is 9.80 Å². The molecule has 0 aliphatic carbocycles. The monoisotopic (exact) mass is 264 g/mol. The van der Waals surface area contributed by atoms with Crippen LogP contribution in [0.4, 0.5) is 0 Å². The Kier molecular flexibility index (Phi) is 5.61. The van der Waals surface area contributed by atoms with Crippen molar-refractivity contribution in [1.29, 1.82) is 0 Å². The van der Waals surface area contributed by atoms with Gasteiger partial charge in [-0.25, -0.2) is 0 Å². The first-order valence-electron chi connectivity index (χ1n) is 7.22. The number of carbonyl (C=O) groups is 1. The van der Waals surface area contributed by atoms with Crippen LogP contribution in [0.5, 0.6) is 0 Å². The number of amides is 1.